The molecule has 156 valence electrons. The van der Waals surface area contributed by atoms with Gasteiger partial charge in [-0.3, -0.25) is 4.79 Å². The van der Waals surface area contributed by atoms with Crippen molar-refractivity contribution in [1.29, 1.82) is 0 Å². The maximum atomic E-state index is 12.5. The van der Waals surface area contributed by atoms with Crippen LogP contribution in [-0.4, -0.2) is 39.8 Å². The normalized spacial score (nSPS) is 15.9. The molecule has 2 aromatic carbocycles. The Morgan fingerprint density at radius 3 is 2.50 bits per heavy atom. The minimum Gasteiger partial charge on any atom is -0.439 e. The molecule has 1 aromatic heterocycles. The number of benzene rings is 2. The van der Waals surface area contributed by atoms with Crippen molar-refractivity contribution in [2.75, 3.05) is 13.2 Å². The molecule has 3 aromatic rings. The van der Waals surface area contributed by atoms with Gasteiger partial charge >= 0.3 is 0 Å². The van der Waals surface area contributed by atoms with Crippen LogP contribution in [0.25, 0.3) is 11.3 Å². The van der Waals surface area contributed by atoms with Gasteiger partial charge in [0.25, 0.3) is 0 Å². The fraction of sp³-hybridized carbons (Fsp3) is 0.333. The lowest BCUT2D eigenvalue weighted by molar-refractivity contribution is -0.131. The van der Waals surface area contributed by atoms with Crippen LogP contribution in [0.1, 0.15) is 25.3 Å². The third-order valence-electron chi connectivity index (χ3n) is 5.34. The Hall–Kier alpha value is -3.12. The summed E-state index contributed by atoms with van der Waals surface area (Å²) in [5.41, 5.74) is 2.70. The van der Waals surface area contributed by atoms with E-state index >= 15 is 0 Å². The van der Waals surface area contributed by atoms with Gasteiger partial charge in [0.1, 0.15) is 11.4 Å². The molecule has 0 aliphatic carbocycles. The molecule has 6 nitrogen and oxygen atoms in total. The van der Waals surface area contributed by atoms with E-state index in [0.717, 1.165) is 42.0 Å². The predicted octanol–water partition coefficient (Wildman–Crippen LogP) is 4.41. The summed E-state index contributed by atoms with van der Waals surface area (Å²) in [7, 11) is 1.87. The maximum absolute atomic E-state index is 12.5. The van der Waals surface area contributed by atoms with Gasteiger partial charge in [-0.1, -0.05) is 48.5 Å². The molecular formula is C24H27N3O3. The minimum absolute atomic E-state index is 0.0130. The monoisotopic (exact) mass is 405 g/mol. The molecule has 30 heavy (non-hydrogen) atoms. The average Bonchev–Trinajstić information content (AvgIpc) is 3.38. The summed E-state index contributed by atoms with van der Waals surface area (Å²) >= 11 is 0. The van der Waals surface area contributed by atoms with Crippen molar-refractivity contribution in [3.63, 3.8) is 0 Å². The van der Waals surface area contributed by atoms with E-state index in [9.17, 15) is 4.79 Å². The Kier molecular flexibility index (Phi) is 6.14. The van der Waals surface area contributed by atoms with E-state index in [1.165, 1.54) is 0 Å². The van der Waals surface area contributed by atoms with Crippen molar-refractivity contribution >= 4 is 5.91 Å². The van der Waals surface area contributed by atoms with Crippen LogP contribution in [0.3, 0.4) is 0 Å². The second kappa shape index (κ2) is 9.13. The van der Waals surface area contributed by atoms with Gasteiger partial charge in [-0.2, -0.15) is 5.10 Å². The lowest BCUT2D eigenvalue weighted by atomic mass is 10.1. The van der Waals surface area contributed by atoms with Crippen molar-refractivity contribution in [1.82, 2.24) is 14.7 Å². The first kappa shape index (κ1) is 20.2. The van der Waals surface area contributed by atoms with Gasteiger partial charge in [0, 0.05) is 32.7 Å². The van der Waals surface area contributed by atoms with Crippen LogP contribution >= 0.6 is 0 Å². The second-order valence-corrected chi connectivity index (χ2v) is 7.57. The minimum atomic E-state index is 0.0130. The molecule has 0 radical (unpaired) electrons. The van der Waals surface area contributed by atoms with Crippen molar-refractivity contribution in [3.8, 4) is 22.9 Å². The molecular weight excluding hydrogens is 378 g/mol. The van der Waals surface area contributed by atoms with E-state index in [1.807, 2.05) is 72.6 Å². The fourth-order valence-electron chi connectivity index (χ4n) is 3.78. The zero-order chi connectivity index (χ0) is 20.9. The van der Waals surface area contributed by atoms with E-state index in [-0.39, 0.29) is 12.0 Å². The zero-order valence-corrected chi connectivity index (χ0v) is 17.5. The molecule has 0 spiro atoms. The lowest BCUT2D eigenvalue weighted by Crippen LogP contribution is -2.35. The number of rotatable bonds is 7. The fourth-order valence-corrected chi connectivity index (χ4v) is 3.78. The first-order chi connectivity index (χ1) is 14.6. The second-order valence-electron chi connectivity index (χ2n) is 7.57. The maximum Gasteiger partial charge on any atom is 0.223 e. The summed E-state index contributed by atoms with van der Waals surface area (Å²) in [6.45, 7) is 3.35. The molecule has 2 heterocycles. The van der Waals surface area contributed by atoms with Crippen molar-refractivity contribution < 1.29 is 14.3 Å². The van der Waals surface area contributed by atoms with Crippen molar-refractivity contribution in [3.05, 3.63) is 66.2 Å². The Bertz CT molecular complexity index is 980. The molecule has 0 unspecified atom stereocenters. The summed E-state index contributed by atoms with van der Waals surface area (Å²) in [5, 5.41) is 4.74. The van der Waals surface area contributed by atoms with E-state index < -0.39 is 0 Å². The van der Waals surface area contributed by atoms with Gasteiger partial charge in [-0.25, -0.2) is 4.68 Å². The molecule has 1 amide bonds. The molecule has 0 bridgehead atoms. The molecule has 1 saturated heterocycles. The number of aromatic nitrogens is 2. The number of carbonyl (C=O) groups is 1. The topological polar surface area (TPSA) is 56.6 Å². The molecule has 6 heteroatoms. The van der Waals surface area contributed by atoms with E-state index in [0.29, 0.717) is 19.0 Å². The highest BCUT2D eigenvalue weighted by Crippen LogP contribution is 2.34. The number of aryl methyl sites for hydroxylation is 1. The Labute approximate surface area is 177 Å². The smallest absolute Gasteiger partial charge is 0.223 e. The van der Waals surface area contributed by atoms with E-state index in [1.54, 1.807) is 11.6 Å². The van der Waals surface area contributed by atoms with Gasteiger partial charge in [0.15, 0.2) is 0 Å². The number of ether oxygens (including phenoxy) is 2. The van der Waals surface area contributed by atoms with Gasteiger partial charge in [0.2, 0.25) is 11.8 Å². The number of amides is 1. The van der Waals surface area contributed by atoms with Gasteiger partial charge in [-0.15, -0.1) is 0 Å². The van der Waals surface area contributed by atoms with Crippen LogP contribution in [-0.2, 0) is 23.1 Å². The van der Waals surface area contributed by atoms with E-state index in [2.05, 4.69) is 0 Å². The third-order valence-corrected chi connectivity index (χ3v) is 5.34. The quantitative estimate of drug-likeness (QED) is 0.584. The summed E-state index contributed by atoms with van der Waals surface area (Å²) in [6, 6.07) is 19.6. The summed E-state index contributed by atoms with van der Waals surface area (Å²) in [4.78, 5) is 14.3. The molecule has 0 saturated carbocycles. The molecule has 1 atom stereocenters. The van der Waals surface area contributed by atoms with Crippen LogP contribution < -0.4 is 4.74 Å². The Balaban J connectivity index is 1.71. The Morgan fingerprint density at radius 1 is 1.17 bits per heavy atom. The van der Waals surface area contributed by atoms with Crippen LogP contribution in [0.5, 0.6) is 11.6 Å². The van der Waals surface area contributed by atoms with E-state index in [4.69, 9.17) is 14.6 Å². The highest BCUT2D eigenvalue weighted by molar-refractivity contribution is 5.74. The van der Waals surface area contributed by atoms with Gasteiger partial charge in [0.05, 0.1) is 18.2 Å². The van der Waals surface area contributed by atoms with Gasteiger partial charge in [-0.05, 0) is 25.0 Å². The summed E-state index contributed by atoms with van der Waals surface area (Å²) in [6.07, 6.45) is 2.11. The SMILES string of the molecule is CC(=O)N(Cc1c(-c2ccccc2)nn(C)c1Oc1ccccc1)C[C@H]1CCCO1. The summed E-state index contributed by atoms with van der Waals surface area (Å²) in [5.74, 6) is 1.38. The lowest BCUT2D eigenvalue weighted by Gasteiger charge is -2.24. The first-order valence-corrected chi connectivity index (χ1v) is 10.3. The van der Waals surface area contributed by atoms with Crippen molar-refractivity contribution in [2.24, 2.45) is 7.05 Å². The van der Waals surface area contributed by atoms with Gasteiger partial charge < -0.3 is 14.4 Å². The number of carbonyl (C=O) groups excluding carboxylic acids is 1. The molecule has 4 rings (SSSR count). The Morgan fingerprint density at radius 2 is 1.87 bits per heavy atom. The molecule has 1 fully saturated rings. The van der Waals surface area contributed by atoms with Crippen LogP contribution in [0.2, 0.25) is 0 Å². The molecule has 1 aliphatic heterocycles. The number of para-hydroxylation sites is 1. The highest BCUT2D eigenvalue weighted by Gasteiger charge is 2.26. The standard InChI is InChI=1S/C24H27N3O3/c1-18(28)27(16-21-14-9-15-29-21)17-22-23(19-10-5-3-6-11-19)25-26(2)24(22)30-20-12-7-4-8-13-20/h3-8,10-13,21H,9,14-17H2,1-2H3/t21-/m1/s1. The molecule has 0 N–H and O–H groups in total. The predicted molar refractivity (Wildman–Crippen MR) is 115 cm³/mol. The summed E-state index contributed by atoms with van der Waals surface area (Å²) < 4.78 is 13.7. The molecule has 1 aliphatic rings. The average molecular weight is 405 g/mol. The van der Waals surface area contributed by atoms with Crippen LogP contribution in [0.15, 0.2) is 60.7 Å². The van der Waals surface area contributed by atoms with Crippen LogP contribution in [0, 0.1) is 0 Å². The van der Waals surface area contributed by atoms with Crippen molar-refractivity contribution in [2.45, 2.75) is 32.4 Å². The highest BCUT2D eigenvalue weighted by atomic mass is 16.5. The first-order valence-electron chi connectivity index (χ1n) is 10.3. The zero-order valence-electron chi connectivity index (χ0n) is 17.5. The number of hydrogen-bond acceptors (Lipinski definition) is 4. The number of hydrogen-bond donors (Lipinski definition) is 0. The third kappa shape index (κ3) is 4.54. The largest absolute Gasteiger partial charge is 0.439 e. The van der Waals surface area contributed by atoms with Crippen LogP contribution in [0.4, 0.5) is 0 Å². The number of nitrogens with zero attached hydrogens (tertiary/aromatic N) is 3.